The SMILES string of the molecule is CCn1c(-c2nc3cc(C(=O)N4CCC[C@@H](N)C4)cc(OC)c3n2CC(C)C)cc2cccnc21. The van der Waals surface area contributed by atoms with Crippen LogP contribution in [0.15, 0.2) is 36.5 Å². The first-order chi connectivity index (χ1) is 16.9. The van der Waals surface area contributed by atoms with Crippen LogP contribution >= 0.6 is 0 Å². The maximum atomic E-state index is 13.4. The van der Waals surface area contributed by atoms with Gasteiger partial charge in [-0.15, -0.1) is 0 Å². The number of carbonyl (C=O) groups is 1. The molecule has 0 aliphatic carbocycles. The minimum absolute atomic E-state index is 0.0211. The highest BCUT2D eigenvalue weighted by Gasteiger charge is 2.26. The number of rotatable bonds is 6. The number of benzene rings is 1. The Kier molecular flexibility index (Phi) is 6.23. The molecule has 1 aliphatic rings. The number of amides is 1. The van der Waals surface area contributed by atoms with Crippen LogP contribution in [-0.4, -0.2) is 56.2 Å². The molecular weight excluding hydrogens is 440 g/mol. The quantitative estimate of drug-likeness (QED) is 0.450. The molecule has 4 heterocycles. The van der Waals surface area contributed by atoms with E-state index in [9.17, 15) is 4.79 Å². The Bertz CT molecular complexity index is 1390. The molecule has 5 rings (SSSR count). The van der Waals surface area contributed by atoms with Crippen LogP contribution in [0.25, 0.3) is 33.6 Å². The predicted octanol–water partition coefficient (Wildman–Crippen LogP) is 4.30. The second-order valence-electron chi connectivity index (χ2n) is 9.83. The fourth-order valence-corrected chi connectivity index (χ4v) is 5.22. The van der Waals surface area contributed by atoms with Crippen molar-refractivity contribution in [3.63, 3.8) is 0 Å². The van der Waals surface area contributed by atoms with Crippen LogP contribution in [0.2, 0.25) is 0 Å². The van der Waals surface area contributed by atoms with Crippen LogP contribution in [0.1, 0.15) is 44.0 Å². The van der Waals surface area contributed by atoms with Crippen molar-refractivity contribution in [1.82, 2.24) is 24.0 Å². The van der Waals surface area contributed by atoms with Crippen LogP contribution in [-0.2, 0) is 13.1 Å². The first kappa shape index (κ1) is 23.4. The zero-order valence-corrected chi connectivity index (χ0v) is 21.0. The van der Waals surface area contributed by atoms with E-state index in [1.54, 1.807) is 7.11 Å². The summed E-state index contributed by atoms with van der Waals surface area (Å²) in [7, 11) is 1.65. The van der Waals surface area contributed by atoms with Crippen molar-refractivity contribution in [2.45, 2.75) is 52.7 Å². The molecule has 0 saturated carbocycles. The Morgan fingerprint density at radius 1 is 1.26 bits per heavy atom. The Morgan fingerprint density at radius 2 is 2.09 bits per heavy atom. The number of nitrogens with zero attached hydrogens (tertiary/aromatic N) is 5. The molecule has 1 aromatic carbocycles. The molecule has 1 saturated heterocycles. The molecule has 35 heavy (non-hydrogen) atoms. The third-order valence-electron chi connectivity index (χ3n) is 6.77. The molecule has 4 aromatic rings. The third-order valence-corrected chi connectivity index (χ3v) is 6.77. The van der Waals surface area contributed by atoms with Crippen molar-refractivity contribution < 1.29 is 9.53 Å². The summed E-state index contributed by atoms with van der Waals surface area (Å²) >= 11 is 0. The maximum Gasteiger partial charge on any atom is 0.254 e. The highest BCUT2D eigenvalue weighted by molar-refractivity contribution is 6.00. The number of ether oxygens (including phenoxy) is 1. The number of hydrogen-bond acceptors (Lipinski definition) is 5. The van der Waals surface area contributed by atoms with Crippen LogP contribution in [0.4, 0.5) is 0 Å². The molecule has 1 atom stereocenters. The van der Waals surface area contributed by atoms with E-state index in [-0.39, 0.29) is 11.9 Å². The molecule has 0 bridgehead atoms. The minimum Gasteiger partial charge on any atom is -0.494 e. The molecule has 1 aliphatic heterocycles. The van der Waals surface area contributed by atoms with E-state index in [2.05, 4.69) is 47.0 Å². The van der Waals surface area contributed by atoms with Gasteiger partial charge in [0.1, 0.15) is 16.9 Å². The molecular formula is C27H34N6O2. The highest BCUT2D eigenvalue weighted by Crippen LogP contribution is 2.35. The van der Waals surface area contributed by atoms with E-state index in [0.717, 1.165) is 66.1 Å². The Labute approximate surface area is 205 Å². The maximum absolute atomic E-state index is 13.4. The topological polar surface area (TPSA) is 91.2 Å². The van der Waals surface area contributed by atoms with E-state index >= 15 is 0 Å². The minimum atomic E-state index is -0.0211. The summed E-state index contributed by atoms with van der Waals surface area (Å²) in [4.78, 5) is 24.9. The van der Waals surface area contributed by atoms with E-state index < -0.39 is 0 Å². The number of carbonyl (C=O) groups excluding carboxylic acids is 1. The van der Waals surface area contributed by atoms with Gasteiger partial charge < -0.3 is 24.5 Å². The van der Waals surface area contributed by atoms with Gasteiger partial charge in [-0.3, -0.25) is 4.79 Å². The van der Waals surface area contributed by atoms with Gasteiger partial charge in [0.25, 0.3) is 5.91 Å². The number of piperidine rings is 1. The van der Waals surface area contributed by atoms with E-state index in [1.807, 2.05) is 29.3 Å². The average molecular weight is 475 g/mol. The first-order valence-corrected chi connectivity index (χ1v) is 12.5. The van der Waals surface area contributed by atoms with Gasteiger partial charge in [0.2, 0.25) is 0 Å². The van der Waals surface area contributed by atoms with Crippen LogP contribution in [0.5, 0.6) is 5.75 Å². The summed E-state index contributed by atoms with van der Waals surface area (Å²) in [6, 6.07) is 9.96. The molecule has 2 N–H and O–H groups in total. The summed E-state index contributed by atoms with van der Waals surface area (Å²) in [6.07, 6.45) is 3.70. The number of hydrogen-bond donors (Lipinski definition) is 1. The highest BCUT2D eigenvalue weighted by atomic mass is 16.5. The predicted molar refractivity (Wildman–Crippen MR) is 139 cm³/mol. The zero-order valence-electron chi connectivity index (χ0n) is 21.0. The number of nitrogens with two attached hydrogens (primary N) is 1. The molecule has 8 nitrogen and oxygen atoms in total. The summed E-state index contributed by atoms with van der Waals surface area (Å²) < 4.78 is 10.3. The lowest BCUT2D eigenvalue weighted by Crippen LogP contribution is -2.45. The fraction of sp³-hybridized carbons (Fsp3) is 0.444. The average Bonchev–Trinajstić information content (AvgIpc) is 3.40. The van der Waals surface area contributed by atoms with Crippen LogP contribution in [0.3, 0.4) is 0 Å². The number of aromatic nitrogens is 4. The summed E-state index contributed by atoms with van der Waals surface area (Å²) in [5.41, 5.74) is 10.3. The standard InChI is InChI=1S/C27H34N6O2/c1-5-32-22(13-18-8-6-10-29-25(18)32)26-30-21-12-19(27(34)31-11-7-9-20(28)16-31)14-23(35-4)24(21)33(26)15-17(2)3/h6,8,10,12-14,17,20H,5,7,9,11,15-16,28H2,1-4H3/t20-/m1/s1. The number of fused-ring (bicyclic) bond motifs is 2. The monoisotopic (exact) mass is 474 g/mol. The van der Waals surface area contributed by atoms with Gasteiger partial charge in [0.15, 0.2) is 5.82 Å². The number of pyridine rings is 1. The number of methoxy groups -OCH3 is 1. The summed E-state index contributed by atoms with van der Waals surface area (Å²) in [5.74, 6) is 1.89. The zero-order chi connectivity index (χ0) is 24.7. The largest absolute Gasteiger partial charge is 0.494 e. The lowest BCUT2D eigenvalue weighted by atomic mass is 10.0. The smallest absolute Gasteiger partial charge is 0.254 e. The Hall–Kier alpha value is -3.39. The molecule has 184 valence electrons. The van der Waals surface area contributed by atoms with Crippen molar-refractivity contribution in [2.75, 3.05) is 20.2 Å². The van der Waals surface area contributed by atoms with Gasteiger partial charge in [0, 0.05) is 49.4 Å². The number of likely N-dealkylation sites (tertiary alicyclic amines) is 1. The van der Waals surface area contributed by atoms with Gasteiger partial charge in [-0.05, 0) is 56.0 Å². The molecule has 0 spiro atoms. The normalized spacial score (nSPS) is 16.5. The number of aryl methyl sites for hydroxylation is 1. The van der Waals surface area contributed by atoms with Crippen LogP contribution in [0, 0.1) is 5.92 Å². The molecule has 0 unspecified atom stereocenters. The first-order valence-electron chi connectivity index (χ1n) is 12.5. The van der Waals surface area contributed by atoms with E-state index in [0.29, 0.717) is 23.8 Å². The molecule has 8 heteroatoms. The third kappa shape index (κ3) is 4.16. The second-order valence-corrected chi connectivity index (χ2v) is 9.83. The van der Waals surface area contributed by atoms with Gasteiger partial charge in [0.05, 0.1) is 18.3 Å². The van der Waals surface area contributed by atoms with Crippen molar-refractivity contribution in [1.29, 1.82) is 0 Å². The van der Waals surface area contributed by atoms with Gasteiger partial charge in [-0.1, -0.05) is 13.8 Å². The molecule has 1 fully saturated rings. The summed E-state index contributed by atoms with van der Waals surface area (Å²) in [6.45, 7) is 9.35. The van der Waals surface area contributed by atoms with Crippen LogP contribution < -0.4 is 10.5 Å². The summed E-state index contributed by atoms with van der Waals surface area (Å²) in [5, 5.41) is 1.08. The van der Waals surface area contributed by atoms with Gasteiger partial charge in [-0.2, -0.15) is 0 Å². The Balaban J connectivity index is 1.70. The molecule has 0 radical (unpaired) electrons. The fourth-order valence-electron chi connectivity index (χ4n) is 5.22. The van der Waals surface area contributed by atoms with Crippen molar-refractivity contribution in [3.05, 3.63) is 42.1 Å². The van der Waals surface area contributed by atoms with Gasteiger partial charge >= 0.3 is 0 Å². The van der Waals surface area contributed by atoms with E-state index in [1.165, 1.54) is 0 Å². The van der Waals surface area contributed by atoms with Crippen molar-refractivity contribution in [2.24, 2.45) is 11.7 Å². The van der Waals surface area contributed by atoms with Crippen molar-refractivity contribution in [3.8, 4) is 17.3 Å². The van der Waals surface area contributed by atoms with Gasteiger partial charge in [-0.25, -0.2) is 9.97 Å². The number of imidazole rings is 1. The molecule has 3 aromatic heterocycles. The van der Waals surface area contributed by atoms with E-state index in [4.69, 9.17) is 15.5 Å². The second kappa shape index (κ2) is 9.34. The lowest BCUT2D eigenvalue weighted by Gasteiger charge is -2.30. The lowest BCUT2D eigenvalue weighted by molar-refractivity contribution is 0.0708. The van der Waals surface area contributed by atoms with Crippen molar-refractivity contribution >= 4 is 28.0 Å². The molecule has 1 amide bonds. The Morgan fingerprint density at radius 3 is 2.80 bits per heavy atom.